The Balaban J connectivity index is 1.35. The Morgan fingerprint density at radius 2 is 2.22 bits per heavy atom. The van der Waals surface area contributed by atoms with Crippen molar-refractivity contribution in [2.24, 2.45) is 5.92 Å². The maximum absolute atomic E-state index is 5.98. The lowest BCUT2D eigenvalue weighted by Gasteiger charge is -2.34. The third kappa shape index (κ3) is 3.74. The molecule has 1 unspecified atom stereocenters. The van der Waals surface area contributed by atoms with E-state index in [2.05, 4.69) is 34.1 Å². The standard InChI is InChI=1S/C18H26N4O/c1-20(11-15-5-6-15)13-17-14-21(8-9-23-17)12-16-10-19-22-7-3-2-4-18(16)22/h2-4,7,10,15,17H,5-6,8-9,11-14H2,1H3. The summed E-state index contributed by atoms with van der Waals surface area (Å²) in [6.07, 6.45) is 7.16. The Kier molecular flexibility index (Phi) is 4.33. The van der Waals surface area contributed by atoms with Gasteiger partial charge in [0, 0.05) is 44.5 Å². The summed E-state index contributed by atoms with van der Waals surface area (Å²) >= 11 is 0. The summed E-state index contributed by atoms with van der Waals surface area (Å²) < 4.78 is 7.94. The molecule has 0 aromatic carbocycles. The molecule has 1 atom stereocenters. The molecule has 0 amide bonds. The second kappa shape index (κ2) is 6.59. The lowest BCUT2D eigenvalue weighted by molar-refractivity contribution is -0.0433. The normalized spacial score (nSPS) is 23.0. The molecule has 124 valence electrons. The van der Waals surface area contributed by atoms with E-state index in [-0.39, 0.29) is 0 Å². The first-order chi connectivity index (χ1) is 11.3. The lowest BCUT2D eigenvalue weighted by atomic mass is 10.2. The number of nitrogens with zero attached hydrogens (tertiary/aromatic N) is 4. The highest BCUT2D eigenvalue weighted by molar-refractivity contribution is 5.53. The largest absolute Gasteiger partial charge is 0.374 e. The first-order valence-corrected chi connectivity index (χ1v) is 8.71. The molecule has 2 aromatic heterocycles. The molecule has 0 bridgehead atoms. The van der Waals surface area contributed by atoms with Crippen molar-refractivity contribution in [2.45, 2.75) is 25.5 Å². The Hall–Kier alpha value is -1.43. The van der Waals surface area contributed by atoms with E-state index < -0.39 is 0 Å². The Morgan fingerprint density at radius 1 is 1.30 bits per heavy atom. The molecule has 1 saturated heterocycles. The highest BCUT2D eigenvalue weighted by Gasteiger charge is 2.26. The van der Waals surface area contributed by atoms with E-state index in [0.717, 1.165) is 38.7 Å². The smallest absolute Gasteiger partial charge is 0.0829 e. The van der Waals surface area contributed by atoms with Crippen molar-refractivity contribution in [1.82, 2.24) is 19.4 Å². The molecule has 2 aliphatic rings. The molecule has 1 saturated carbocycles. The first-order valence-electron chi connectivity index (χ1n) is 8.71. The monoisotopic (exact) mass is 314 g/mol. The van der Waals surface area contributed by atoms with E-state index in [9.17, 15) is 0 Å². The minimum absolute atomic E-state index is 0.328. The number of likely N-dealkylation sites (N-methyl/N-ethyl adjacent to an activating group) is 1. The molecule has 23 heavy (non-hydrogen) atoms. The highest BCUT2D eigenvalue weighted by atomic mass is 16.5. The summed E-state index contributed by atoms with van der Waals surface area (Å²) in [5.74, 6) is 0.943. The number of rotatable bonds is 6. The van der Waals surface area contributed by atoms with Crippen molar-refractivity contribution in [3.63, 3.8) is 0 Å². The van der Waals surface area contributed by atoms with Crippen LogP contribution in [0.4, 0.5) is 0 Å². The number of fused-ring (bicyclic) bond motifs is 1. The molecule has 5 nitrogen and oxygen atoms in total. The Bertz CT molecular complexity index is 651. The molecule has 1 aliphatic heterocycles. The van der Waals surface area contributed by atoms with Crippen LogP contribution < -0.4 is 0 Å². The molecule has 3 heterocycles. The second-order valence-electron chi connectivity index (χ2n) is 7.09. The van der Waals surface area contributed by atoms with Crippen molar-refractivity contribution in [2.75, 3.05) is 39.8 Å². The van der Waals surface area contributed by atoms with Crippen LogP contribution in [0, 0.1) is 5.92 Å². The van der Waals surface area contributed by atoms with E-state index in [1.807, 2.05) is 23.0 Å². The maximum atomic E-state index is 5.98. The summed E-state index contributed by atoms with van der Waals surface area (Å²) in [7, 11) is 2.23. The van der Waals surface area contributed by atoms with Crippen LogP contribution in [0.15, 0.2) is 30.6 Å². The number of morpholine rings is 1. The fraction of sp³-hybridized carbons (Fsp3) is 0.611. The van der Waals surface area contributed by atoms with E-state index in [1.165, 1.54) is 30.5 Å². The van der Waals surface area contributed by atoms with Gasteiger partial charge in [0.25, 0.3) is 0 Å². The molecule has 5 heteroatoms. The number of hydrogen-bond donors (Lipinski definition) is 0. The van der Waals surface area contributed by atoms with E-state index in [1.54, 1.807) is 0 Å². The van der Waals surface area contributed by atoms with Crippen LogP contribution in [0.25, 0.3) is 5.52 Å². The van der Waals surface area contributed by atoms with Crippen molar-refractivity contribution < 1.29 is 4.74 Å². The number of aromatic nitrogens is 2. The van der Waals surface area contributed by atoms with Crippen LogP contribution in [0.2, 0.25) is 0 Å². The van der Waals surface area contributed by atoms with Crippen LogP contribution in [-0.2, 0) is 11.3 Å². The SMILES string of the molecule is CN(CC1CC1)CC1CN(Cc2cnn3ccccc23)CCO1. The molecule has 2 aromatic rings. The molecule has 2 fully saturated rings. The quantitative estimate of drug-likeness (QED) is 0.815. The number of hydrogen-bond acceptors (Lipinski definition) is 4. The van der Waals surface area contributed by atoms with Gasteiger partial charge in [-0.05, 0) is 37.9 Å². The van der Waals surface area contributed by atoms with Gasteiger partial charge in [-0.1, -0.05) is 6.07 Å². The molecular formula is C18H26N4O. The predicted octanol–water partition coefficient (Wildman–Crippen LogP) is 1.88. The number of ether oxygens (including phenoxy) is 1. The van der Waals surface area contributed by atoms with Gasteiger partial charge in [-0.3, -0.25) is 4.90 Å². The predicted molar refractivity (Wildman–Crippen MR) is 90.4 cm³/mol. The lowest BCUT2D eigenvalue weighted by Crippen LogP contribution is -2.46. The van der Waals surface area contributed by atoms with Gasteiger partial charge in [0.1, 0.15) is 0 Å². The van der Waals surface area contributed by atoms with Crippen molar-refractivity contribution >= 4 is 5.52 Å². The minimum atomic E-state index is 0.328. The summed E-state index contributed by atoms with van der Waals surface area (Å²) in [6.45, 7) is 6.09. The minimum Gasteiger partial charge on any atom is -0.374 e. The fourth-order valence-corrected chi connectivity index (χ4v) is 3.55. The molecule has 0 spiro atoms. The van der Waals surface area contributed by atoms with Crippen molar-refractivity contribution in [3.8, 4) is 0 Å². The fourth-order valence-electron chi connectivity index (χ4n) is 3.55. The van der Waals surface area contributed by atoms with E-state index in [4.69, 9.17) is 4.74 Å². The summed E-state index contributed by atoms with van der Waals surface area (Å²) in [4.78, 5) is 4.95. The Labute approximate surface area is 137 Å². The van der Waals surface area contributed by atoms with Gasteiger partial charge in [0.05, 0.1) is 24.4 Å². The van der Waals surface area contributed by atoms with Gasteiger partial charge in [-0.25, -0.2) is 4.52 Å². The van der Waals surface area contributed by atoms with Crippen molar-refractivity contribution in [3.05, 3.63) is 36.2 Å². The van der Waals surface area contributed by atoms with Gasteiger partial charge in [-0.2, -0.15) is 5.10 Å². The van der Waals surface area contributed by atoms with Gasteiger partial charge in [-0.15, -0.1) is 0 Å². The van der Waals surface area contributed by atoms with Gasteiger partial charge in [0.15, 0.2) is 0 Å². The third-order valence-electron chi connectivity index (χ3n) is 4.91. The molecule has 1 aliphatic carbocycles. The van der Waals surface area contributed by atoms with Gasteiger partial charge >= 0.3 is 0 Å². The van der Waals surface area contributed by atoms with Crippen molar-refractivity contribution in [1.29, 1.82) is 0 Å². The Morgan fingerprint density at radius 3 is 3.09 bits per heavy atom. The van der Waals surface area contributed by atoms with E-state index in [0.29, 0.717) is 6.10 Å². The van der Waals surface area contributed by atoms with Crippen LogP contribution in [0.5, 0.6) is 0 Å². The zero-order valence-electron chi connectivity index (χ0n) is 13.9. The van der Waals surface area contributed by atoms with Crippen LogP contribution in [-0.4, -0.2) is 65.4 Å². The second-order valence-corrected chi connectivity index (χ2v) is 7.09. The summed E-state index contributed by atoms with van der Waals surface area (Å²) in [5, 5.41) is 4.44. The molecule has 0 radical (unpaired) electrons. The molecular weight excluding hydrogens is 288 g/mol. The van der Waals surface area contributed by atoms with Gasteiger partial charge in [0.2, 0.25) is 0 Å². The summed E-state index contributed by atoms with van der Waals surface area (Å²) in [6, 6.07) is 6.24. The van der Waals surface area contributed by atoms with Gasteiger partial charge < -0.3 is 9.64 Å². The average molecular weight is 314 g/mol. The number of pyridine rings is 1. The zero-order chi connectivity index (χ0) is 15.6. The molecule has 0 N–H and O–H groups in total. The average Bonchev–Trinajstić information content (AvgIpc) is 3.27. The summed E-state index contributed by atoms with van der Waals surface area (Å²) in [5.41, 5.74) is 2.51. The third-order valence-corrected chi connectivity index (χ3v) is 4.91. The van der Waals surface area contributed by atoms with Crippen LogP contribution >= 0.6 is 0 Å². The topological polar surface area (TPSA) is 33.0 Å². The maximum Gasteiger partial charge on any atom is 0.0829 e. The zero-order valence-corrected chi connectivity index (χ0v) is 13.9. The first kappa shape index (κ1) is 15.1. The van der Waals surface area contributed by atoms with Crippen LogP contribution in [0.3, 0.4) is 0 Å². The van der Waals surface area contributed by atoms with Crippen LogP contribution in [0.1, 0.15) is 18.4 Å². The highest BCUT2D eigenvalue weighted by Crippen LogP contribution is 2.29. The molecule has 4 rings (SSSR count). The van der Waals surface area contributed by atoms with E-state index >= 15 is 0 Å².